The van der Waals surface area contributed by atoms with E-state index in [-0.39, 0.29) is 0 Å². The summed E-state index contributed by atoms with van der Waals surface area (Å²) in [5.41, 5.74) is 7.60. The van der Waals surface area contributed by atoms with Crippen molar-refractivity contribution in [1.82, 2.24) is 14.8 Å². The van der Waals surface area contributed by atoms with E-state index in [1.54, 1.807) is 23.1 Å². The maximum Gasteiger partial charge on any atom is 0.125 e. The van der Waals surface area contributed by atoms with Gasteiger partial charge in [0.15, 0.2) is 0 Å². The van der Waals surface area contributed by atoms with E-state index in [0.717, 1.165) is 15.7 Å². The summed E-state index contributed by atoms with van der Waals surface area (Å²) in [6.07, 6.45) is 5.39. The number of anilines is 1. The van der Waals surface area contributed by atoms with E-state index in [2.05, 4.69) is 26.0 Å². The van der Waals surface area contributed by atoms with Crippen LogP contribution in [0.3, 0.4) is 0 Å². The van der Waals surface area contributed by atoms with Crippen LogP contribution in [-0.4, -0.2) is 14.8 Å². The lowest BCUT2D eigenvalue weighted by molar-refractivity contribution is 0.873. The quantitative estimate of drug-likeness (QED) is 0.844. The number of hydrogen-bond donors (Lipinski definition) is 1. The maximum atomic E-state index is 5.60. The molecule has 72 valence electrons. The number of aryl methyl sites for hydroxylation is 1. The van der Waals surface area contributed by atoms with Crippen molar-refractivity contribution in [3.63, 3.8) is 0 Å². The zero-order valence-corrected chi connectivity index (χ0v) is 9.19. The van der Waals surface area contributed by atoms with Crippen molar-refractivity contribution in [2.45, 2.75) is 6.92 Å². The molecular weight excluding hydrogens is 244 g/mol. The molecule has 2 aromatic rings. The van der Waals surface area contributed by atoms with E-state index in [1.807, 2.05) is 13.1 Å². The molecule has 0 saturated carbocycles. The number of pyridine rings is 1. The molecule has 2 N–H and O–H groups in total. The van der Waals surface area contributed by atoms with Crippen molar-refractivity contribution in [3.05, 3.63) is 34.7 Å². The van der Waals surface area contributed by atoms with Gasteiger partial charge in [-0.3, -0.25) is 0 Å². The average molecular weight is 253 g/mol. The van der Waals surface area contributed by atoms with Gasteiger partial charge in [0.05, 0.1) is 16.4 Å². The highest BCUT2D eigenvalue weighted by atomic mass is 79.9. The minimum Gasteiger partial charge on any atom is -0.384 e. The van der Waals surface area contributed by atoms with Crippen LogP contribution in [0, 0.1) is 6.92 Å². The first-order valence-electron chi connectivity index (χ1n) is 4.09. The molecule has 0 aliphatic carbocycles. The molecule has 0 fully saturated rings. The fourth-order valence-electron chi connectivity index (χ4n) is 1.16. The Morgan fingerprint density at radius 2 is 2.21 bits per heavy atom. The van der Waals surface area contributed by atoms with Gasteiger partial charge in [0.25, 0.3) is 0 Å². The highest BCUT2D eigenvalue weighted by molar-refractivity contribution is 9.10. The van der Waals surface area contributed by atoms with Crippen molar-refractivity contribution < 1.29 is 0 Å². The topological polar surface area (TPSA) is 56.7 Å². The van der Waals surface area contributed by atoms with Gasteiger partial charge in [-0.25, -0.2) is 9.67 Å². The van der Waals surface area contributed by atoms with Gasteiger partial charge in [0, 0.05) is 18.5 Å². The molecule has 0 radical (unpaired) electrons. The van der Waals surface area contributed by atoms with E-state index in [4.69, 9.17) is 5.73 Å². The Kier molecular flexibility index (Phi) is 2.25. The van der Waals surface area contributed by atoms with Crippen LogP contribution < -0.4 is 5.73 Å². The predicted octanol–water partition coefficient (Wildman–Crippen LogP) is 1.92. The summed E-state index contributed by atoms with van der Waals surface area (Å²) in [4.78, 5) is 3.96. The first kappa shape index (κ1) is 9.21. The number of halogens is 1. The number of nitrogens with two attached hydrogens (primary N) is 1. The molecule has 0 unspecified atom stereocenters. The summed E-state index contributed by atoms with van der Waals surface area (Å²) in [5.74, 6) is 0.483. The zero-order chi connectivity index (χ0) is 10.1. The standard InChI is InChI=1S/C9H9BrN4/c1-6-3-13-14(5-6)8-2-9(11)12-4-7(8)10/h2-5H,1H3,(H2,11,12). The Morgan fingerprint density at radius 1 is 1.43 bits per heavy atom. The summed E-state index contributed by atoms with van der Waals surface area (Å²) in [5, 5.41) is 4.19. The fourth-order valence-corrected chi connectivity index (χ4v) is 1.56. The van der Waals surface area contributed by atoms with Crippen LogP contribution in [0.15, 0.2) is 29.1 Å². The van der Waals surface area contributed by atoms with E-state index >= 15 is 0 Å². The van der Waals surface area contributed by atoms with Gasteiger partial charge in [-0.2, -0.15) is 5.10 Å². The summed E-state index contributed by atoms with van der Waals surface area (Å²) in [7, 11) is 0. The van der Waals surface area contributed by atoms with Gasteiger partial charge in [0.2, 0.25) is 0 Å². The molecule has 4 nitrogen and oxygen atoms in total. The second kappa shape index (κ2) is 3.42. The molecule has 2 rings (SSSR count). The van der Waals surface area contributed by atoms with Crippen molar-refractivity contribution in [3.8, 4) is 5.69 Å². The number of nitrogens with zero attached hydrogens (tertiary/aromatic N) is 3. The second-order valence-electron chi connectivity index (χ2n) is 3.02. The lowest BCUT2D eigenvalue weighted by Gasteiger charge is -2.04. The van der Waals surface area contributed by atoms with Gasteiger partial charge >= 0.3 is 0 Å². The Balaban J connectivity index is 2.55. The van der Waals surface area contributed by atoms with Crippen LogP contribution in [0.1, 0.15) is 5.56 Å². The Bertz CT molecular complexity index is 464. The highest BCUT2D eigenvalue weighted by Crippen LogP contribution is 2.21. The molecule has 2 heterocycles. The number of aromatic nitrogens is 3. The molecule has 0 aliphatic heterocycles. The summed E-state index contributed by atoms with van der Waals surface area (Å²) < 4.78 is 2.63. The van der Waals surface area contributed by atoms with Crippen LogP contribution >= 0.6 is 15.9 Å². The Morgan fingerprint density at radius 3 is 2.86 bits per heavy atom. The van der Waals surface area contributed by atoms with Crippen LogP contribution in [-0.2, 0) is 0 Å². The van der Waals surface area contributed by atoms with Crippen molar-refractivity contribution >= 4 is 21.7 Å². The van der Waals surface area contributed by atoms with Crippen molar-refractivity contribution in [2.75, 3.05) is 5.73 Å². The fraction of sp³-hybridized carbons (Fsp3) is 0.111. The number of nitrogen functional groups attached to an aromatic ring is 1. The first-order chi connectivity index (χ1) is 6.66. The Labute approximate surface area is 89.9 Å². The van der Waals surface area contributed by atoms with E-state index in [0.29, 0.717) is 5.82 Å². The lowest BCUT2D eigenvalue weighted by Crippen LogP contribution is -1.99. The summed E-state index contributed by atoms with van der Waals surface area (Å²) >= 11 is 3.40. The third-order valence-corrected chi connectivity index (χ3v) is 2.43. The Hall–Kier alpha value is -1.36. The molecule has 5 heteroatoms. The molecule has 0 atom stereocenters. The monoisotopic (exact) mass is 252 g/mol. The third-order valence-electron chi connectivity index (χ3n) is 1.81. The molecule has 0 saturated heterocycles. The van der Waals surface area contributed by atoms with Crippen LogP contribution in [0.2, 0.25) is 0 Å². The predicted molar refractivity (Wildman–Crippen MR) is 58.2 cm³/mol. The van der Waals surface area contributed by atoms with Gasteiger partial charge < -0.3 is 5.73 Å². The van der Waals surface area contributed by atoms with Crippen molar-refractivity contribution in [2.24, 2.45) is 0 Å². The molecule has 2 aromatic heterocycles. The molecule has 0 aromatic carbocycles. The summed E-state index contributed by atoms with van der Waals surface area (Å²) in [6.45, 7) is 1.99. The minimum absolute atomic E-state index is 0.483. The largest absolute Gasteiger partial charge is 0.384 e. The first-order valence-corrected chi connectivity index (χ1v) is 4.89. The molecule has 14 heavy (non-hydrogen) atoms. The third kappa shape index (κ3) is 1.63. The number of hydrogen-bond acceptors (Lipinski definition) is 3. The van der Waals surface area contributed by atoms with Gasteiger partial charge in [-0.15, -0.1) is 0 Å². The second-order valence-corrected chi connectivity index (χ2v) is 3.88. The molecule has 0 amide bonds. The SMILES string of the molecule is Cc1cnn(-c2cc(N)ncc2Br)c1. The average Bonchev–Trinajstić information content (AvgIpc) is 2.56. The zero-order valence-electron chi connectivity index (χ0n) is 7.61. The van der Waals surface area contributed by atoms with Crippen LogP contribution in [0.4, 0.5) is 5.82 Å². The van der Waals surface area contributed by atoms with Gasteiger partial charge in [-0.05, 0) is 28.4 Å². The van der Waals surface area contributed by atoms with E-state index in [9.17, 15) is 0 Å². The van der Waals surface area contributed by atoms with Gasteiger partial charge in [-0.1, -0.05) is 0 Å². The van der Waals surface area contributed by atoms with E-state index in [1.165, 1.54) is 0 Å². The molecule has 0 spiro atoms. The maximum absolute atomic E-state index is 5.60. The van der Waals surface area contributed by atoms with Crippen LogP contribution in [0.25, 0.3) is 5.69 Å². The van der Waals surface area contributed by atoms with Gasteiger partial charge in [0.1, 0.15) is 5.82 Å². The highest BCUT2D eigenvalue weighted by Gasteiger charge is 2.04. The lowest BCUT2D eigenvalue weighted by atomic mass is 10.4. The normalized spacial score (nSPS) is 10.4. The molecule has 0 bridgehead atoms. The van der Waals surface area contributed by atoms with E-state index < -0.39 is 0 Å². The van der Waals surface area contributed by atoms with Crippen LogP contribution in [0.5, 0.6) is 0 Å². The van der Waals surface area contributed by atoms with Crippen molar-refractivity contribution in [1.29, 1.82) is 0 Å². The minimum atomic E-state index is 0.483. The number of rotatable bonds is 1. The molecule has 0 aliphatic rings. The smallest absolute Gasteiger partial charge is 0.125 e. The summed E-state index contributed by atoms with van der Waals surface area (Å²) in [6, 6.07) is 1.77. The molecular formula is C9H9BrN4.